The van der Waals surface area contributed by atoms with E-state index in [9.17, 15) is 0 Å². The summed E-state index contributed by atoms with van der Waals surface area (Å²) in [6.07, 6.45) is 2.59. The Hall–Kier alpha value is -0.860. The van der Waals surface area contributed by atoms with Crippen molar-refractivity contribution in [3.05, 3.63) is 34.9 Å². The fourth-order valence-corrected chi connectivity index (χ4v) is 3.40. The van der Waals surface area contributed by atoms with Crippen LogP contribution in [0, 0.1) is 19.8 Å². The van der Waals surface area contributed by atoms with Crippen LogP contribution in [0.4, 0.5) is 0 Å². The van der Waals surface area contributed by atoms with Crippen LogP contribution in [0.1, 0.15) is 42.4 Å². The molecule has 0 aromatic heterocycles. The van der Waals surface area contributed by atoms with Gasteiger partial charge in [0.2, 0.25) is 0 Å². The molecule has 2 N–H and O–H groups in total. The second kappa shape index (κ2) is 6.53. The summed E-state index contributed by atoms with van der Waals surface area (Å²) in [4.78, 5) is 2.55. The Morgan fingerprint density at radius 3 is 2.53 bits per heavy atom. The first-order valence-corrected chi connectivity index (χ1v) is 7.65. The summed E-state index contributed by atoms with van der Waals surface area (Å²) in [7, 11) is 0. The van der Waals surface area contributed by atoms with E-state index in [-0.39, 0.29) is 0 Å². The van der Waals surface area contributed by atoms with Gasteiger partial charge in [-0.2, -0.15) is 0 Å². The molecule has 1 fully saturated rings. The van der Waals surface area contributed by atoms with E-state index >= 15 is 0 Å². The molecule has 1 aromatic rings. The molecule has 19 heavy (non-hydrogen) atoms. The predicted molar refractivity (Wildman–Crippen MR) is 82.5 cm³/mol. The minimum absolute atomic E-state index is 0.541. The first-order valence-electron chi connectivity index (χ1n) is 7.65. The number of nitrogens with two attached hydrogens (primary N) is 1. The normalized spacial score (nSPS) is 19.6. The third-order valence-corrected chi connectivity index (χ3v) is 4.74. The highest BCUT2D eigenvalue weighted by Gasteiger charge is 2.27. The van der Waals surface area contributed by atoms with Gasteiger partial charge in [0, 0.05) is 0 Å². The maximum atomic E-state index is 6.11. The highest BCUT2D eigenvalue weighted by molar-refractivity contribution is 5.34. The quantitative estimate of drug-likeness (QED) is 0.901. The minimum Gasteiger partial charge on any atom is -0.330 e. The van der Waals surface area contributed by atoms with Crippen molar-refractivity contribution in [3.63, 3.8) is 0 Å². The van der Waals surface area contributed by atoms with E-state index in [4.69, 9.17) is 5.73 Å². The van der Waals surface area contributed by atoms with Crippen LogP contribution < -0.4 is 5.73 Å². The van der Waals surface area contributed by atoms with Gasteiger partial charge < -0.3 is 10.6 Å². The molecule has 0 aliphatic carbocycles. The molecule has 0 bridgehead atoms. The molecule has 0 radical (unpaired) electrons. The van der Waals surface area contributed by atoms with E-state index in [2.05, 4.69) is 43.9 Å². The van der Waals surface area contributed by atoms with Crippen molar-refractivity contribution >= 4 is 0 Å². The molecular formula is C17H28N2. The molecule has 1 aromatic carbocycles. The van der Waals surface area contributed by atoms with Gasteiger partial charge in [-0.15, -0.1) is 0 Å². The monoisotopic (exact) mass is 260 g/mol. The molecule has 0 spiro atoms. The lowest BCUT2D eigenvalue weighted by atomic mass is 9.78. The lowest BCUT2D eigenvalue weighted by molar-refractivity contribution is 0.176. The molecule has 1 heterocycles. The zero-order chi connectivity index (χ0) is 13.8. The van der Waals surface area contributed by atoms with Gasteiger partial charge in [-0.25, -0.2) is 0 Å². The van der Waals surface area contributed by atoms with Crippen LogP contribution in [0.5, 0.6) is 0 Å². The van der Waals surface area contributed by atoms with Crippen molar-refractivity contribution in [2.75, 3.05) is 26.2 Å². The molecule has 106 valence electrons. The smallest absolute Gasteiger partial charge is 0.000545 e. The highest BCUT2D eigenvalue weighted by atomic mass is 15.1. The van der Waals surface area contributed by atoms with Crippen LogP contribution >= 0.6 is 0 Å². The van der Waals surface area contributed by atoms with E-state index in [0.29, 0.717) is 5.92 Å². The topological polar surface area (TPSA) is 29.3 Å². The zero-order valence-electron chi connectivity index (χ0n) is 12.7. The van der Waals surface area contributed by atoms with Crippen LogP contribution in [-0.2, 0) is 0 Å². The predicted octanol–water partition coefficient (Wildman–Crippen LogP) is 3.08. The zero-order valence-corrected chi connectivity index (χ0v) is 12.7. The Morgan fingerprint density at radius 2 is 1.95 bits per heavy atom. The molecule has 1 saturated heterocycles. The number of likely N-dealkylation sites (tertiary alicyclic amines) is 1. The van der Waals surface area contributed by atoms with Crippen molar-refractivity contribution in [3.8, 4) is 0 Å². The lowest BCUT2D eigenvalue weighted by Crippen LogP contribution is -2.37. The van der Waals surface area contributed by atoms with E-state index in [1.807, 2.05) is 0 Å². The Balaban J connectivity index is 2.14. The fourth-order valence-electron chi connectivity index (χ4n) is 3.40. The summed E-state index contributed by atoms with van der Waals surface area (Å²) in [5.74, 6) is 1.30. The van der Waals surface area contributed by atoms with Crippen LogP contribution in [0.3, 0.4) is 0 Å². The van der Waals surface area contributed by atoms with Crippen molar-refractivity contribution in [2.45, 2.75) is 39.5 Å². The number of nitrogens with zero attached hydrogens (tertiary/aromatic N) is 1. The van der Waals surface area contributed by atoms with E-state index in [0.717, 1.165) is 12.5 Å². The summed E-state index contributed by atoms with van der Waals surface area (Å²) < 4.78 is 0. The summed E-state index contributed by atoms with van der Waals surface area (Å²) in [5, 5.41) is 0. The molecule has 0 saturated carbocycles. The van der Waals surface area contributed by atoms with E-state index in [1.54, 1.807) is 0 Å². The molecule has 1 aliphatic heterocycles. The third-order valence-electron chi connectivity index (χ3n) is 4.74. The SMILES string of the molecule is CCN1CCC(C(CN)c2cc(C)ccc2C)CC1. The van der Waals surface area contributed by atoms with Gasteiger partial charge in [-0.05, 0) is 75.8 Å². The molecule has 0 amide bonds. The van der Waals surface area contributed by atoms with Gasteiger partial charge in [-0.3, -0.25) is 0 Å². The van der Waals surface area contributed by atoms with Gasteiger partial charge >= 0.3 is 0 Å². The van der Waals surface area contributed by atoms with Crippen LogP contribution in [0.25, 0.3) is 0 Å². The first kappa shape index (κ1) is 14.5. The largest absolute Gasteiger partial charge is 0.330 e. The van der Waals surface area contributed by atoms with Crippen LogP contribution in [0.15, 0.2) is 18.2 Å². The molecule has 2 heteroatoms. The summed E-state index contributed by atoms with van der Waals surface area (Å²) in [6.45, 7) is 11.1. The Bertz CT molecular complexity index is 406. The number of piperidine rings is 1. The van der Waals surface area contributed by atoms with Crippen molar-refractivity contribution in [1.82, 2.24) is 4.90 Å². The Morgan fingerprint density at radius 1 is 1.26 bits per heavy atom. The summed E-state index contributed by atoms with van der Waals surface area (Å²) in [6, 6.07) is 6.79. The average molecular weight is 260 g/mol. The number of benzene rings is 1. The highest BCUT2D eigenvalue weighted by Crippen LogP contribution is 2.34. The Kier molecular flexibility index (Phi) is 5.00. The number of hydrogen-bond donors (Lipinski definition) is 1. The number of rotatable bonds is 4. The average Bonchev–Trinajstić information content (AvgIpc) is 2.44. The van der Waals surface area contributed by atoms with Crippen molar-refractivity contribution in [2.24, 2.45) is 11.7 Å². The van der Waals surface area contributed by atoms with Gasteiger partial charge in [0.05, 0.1) is 0 Å². The lowest BCUT2D eigenvalue weighted by Gasteiger charge is -2.36. The molecule has 1 aliphatic rings. The first-order chi connectivity index (χ1) is 9.15. The molecule has 1 atom stereocenters. The van der Waals surface area contributed by atoms with Crippen LogP contribution in [0.2, 0.25) is 0 Å². The van der Waals surface area contributed by atoms with Crippen molar-refractivity contribution in [1.29, 1.82) is 0 Å². The molecule has 2 nitrogen and oxygen atoms in total. The van der Waals surface area contributed by atoms with Crippen LogP contribution in [-0.4, -0.2) is 31.1 Å². The maximum Gasteiger partial charge on any atom is -0.000545 e. The summed E-state index contributed by atoms with van der Waals surface area (Å²) in [5.41, 5.74) is 10.3. The number of aryl methyl sites for hydroxylation is 2. The Labute approximate surface area is 118 Å². The van der Waals surface area contributed by atoms with Gasteiger partial charge in [-0.1, -0.05) is 30.7 Å². The summed E-state index contributed by atoms with van der Waals surface area (Å²) >= 11 is 0. The second-order valence-electron chi connectivity index (χ2n) is 5.97. The number of hydrogen-bond acceptors (Lipinski definition) is 2. The molecule has 2 rings (SSSR count). The maximum absolute atomic E-state index is 6.11. The van der Waals surface area contributed by atoms with E-state index in [1.165, 1.54) is 49.2 Å². The van der Waals surface area contributed by atoms with Crippen molar-refractivity contribution < 1.29 is 0 Å². The molecular weight excluding hydrogens is 232 g/mol. The fraction of sp³-hybridized carbons (Fsp3) is 0.647. The van der Waals surface area contributed by atoms with E-state index < -0.39 is 0 Å². The van der Waals surface area contributed by atoms with Gasteiger partial charge in [0.15, 0.2) is 0 Å². The minimum atomic E-state index is 0.541. The van der Waals surface area contributed by atoms with Gasteiger partial charge in [0.1, 0.15) is 0 Å². The van der Waals surface area contributed by atoms with Gasteiger partial charge in [0.25, 0.3) is 0 Å². The third kappa shape index (κ3) is 3.37. The standard InChI is InChI=1S/C17H28N2/c1-4-19-9-7-15(8-10-19)17(12-18)16-11-13(2)5-6-14(16)3/h5-6,11,15,17H,4,7-10,12,18H2,1-3H3. The molecule has 1 unspecified atom stereocenters. The second-order valence-corrected chi connectivity index (χ2v) is 5.97.